The van der Waals surface area contributed by atoms with E-state index in [1.54, 1.807) is 4.90 Å². The molecule has 2 aromatic rings. The molecule has 2 atom stereocenters. The molecular weight excluding hydrogens is 296 g/mol. The number of rotatable bonds is 1. The molecule has 2 aliphatic heterocycles. The van der Waals surface area contributed by atoms with Crippen molar-refractivity contribution in [3.8, 4) is 0 Å². The fraction of sp³-hybridized carbons (Fsp3) is 0.176. The molecule has 0 spiro atoms. The average Bonchev–Trinajstić information content (AvgIpc) is 2.98. The summed E-state index contributed by atoms with van der Waals surface area (Å²) in [4.78, 5) is 18.3. The summed E-state index contributed by atoms with van der Waals surface area (Å²) in [6, 6.07) is 17.1. The number of nitrogens with zero attached hydrogens (tertiary/aromatic N) is 2. The van der Waals surface area contributed by atoms with E-state index in [1.807, 2.05) is 54.6 Å². The summed E-state index contributed by atoms with van der Waals surface area (Å²) in [5, 5.41) is 11.4. The molecular formula is C17H14N2O2S. The minimum Gasteiger partial charge on any atom is -0.363 e. The van der Waals surface area contributed by atoms with Crippen LogP contribution in [0.3, 0.4) is 0 Å². The number of para-hydroxylation sites is 1. The van der Waals surface area contributed by atoms with Crippen LogP contribution in [0.5, 0.6) is 0 Å². The summed E-state index contributed by atoms with van der Waals surface area (Å²) in [6.45, 7) is 1.52. The van der Waals surface area contributed by atoms with Crippen LogP contribution in [0.15, 0.2) is 59.6 Å². The molecule has 2 aliphatic rings. The van der Waals surface area contributed by atoms with Crippen molar-refractivity contribution in [1.29, 1.82) is 0 Å². The van der Waals surface area contributed by atoms with Crippen LogP contribution in [0.1, 0.15) is 18.1 Å². The van der Waals surface area contributed by atoms with Crippen LogP contribution >= 0.6 is 11.8 Å². The predicted molar refractivity (Wildman–Crippen MR) is 87.9 cm³/mol. The average molecular weight is 310 g/mol. The van der Waals surface area contributed by atoms with E-state index in [4.69, 9.17) is 0 Å². The smallest absolute Gasteiger partial charge is 0.225 e. The van der Waals surface area contributed by atoms with Crippen molar-refractivity contribution in [1.82, 2.24) is 0 Å². The normalized spacial score (nSPS) is 25.6. The molecule has 4 nitrogen and oxygen atoms in total. The maximum atomic E-state index is 12.1. The van der Waals surface area contributed by atoms with Crippen LogP contribution in [0, 0.1) is 0 Å². The monoisotopic (exact) mass is 310 g/mol. The fourth-order valence-corrected chi connectivity index (χ4v) is 4.41. The molecule has 2 aromatic carbocycles. The lowest BCUT2D eigenvalue weighted by Crippen LogP contribution is -2.41. The lowest BCUT2D eigenvalue weighted by molar-refractivity contribution is -0.117. The Bertz CT molecular complexity index is 790. The van der Waals surface area contributed by atoms with Crippen LogP contribution < -0.4 is 4.90 Å². The minimum atomic E-state index is -1.38. The summed E-state index contributed by atoms with van der Waals surface area (Å²) in [5.74, 6) is -0.0922. The number of hydrogen-bond acceptors (Lipinski definition) is 4. The second-order valence-corrected chi connectivity index (χ2v) is 6.45. The number of anilines is 1. The molecule has 1 amide bonds. The molecule has 22 heavy (non-hydrogen) atoms. The SMILES string of the molecule is CC(=O)N1c2ccccc2[C@@]2(O)N=C(c3ccccc3)S[C@@H]12. The molecule has 0 saturated carbocycles. The van der Waals surface area contributed by atoms with Gasteiger partial charge in [0, 0.05) is 18.1 Å². The number of aliphatic hydroxyl groups is 1. The number of thioether (sulfide) groups is 1. The van der Waals surface area contributed by atoms with E-state index in [0.717, 1.165) is 16.3 Å². The van der Waals surface area contributed by atoms with Gasteiger partial charge in [-0.3, -0.25) is 9.69 Å². The van der Waals surface area contributed by atoms with Crippen molar-refractivity contribution in [2.45, 2.75) is 18.0 Å². The Morgan fingerprint density at radius 3 is 2.59 bits per heavy atom. The van der Waals surface area contributed by atoms with E-state index in [0.29, 0.717) is 5.56 Å². The lowest BCUT2D eigenvalue weighted by atomic mass is 10.1. The quantitative estimate of drug-likeness (QED) is 0.881. The van der Waals surface area contributed by atoms with Gasteiger partial charge in [-0.05, 0) is 6.07 Å². The highest BCUT2D eigenvalue weighted by molar-refractivity contribution is 8.15. The lowest BCUT2D eigenvalue weighted by Gasteiger charge is -2.25. The molecule has 0 radical (unpaired) electrons. The van der Waals surface area contributed by atoms with Crippen molar-refractivity contribution in [3.63, 3.8) is 0 Å². The van der Waals surface area contributed by atoms with Gasteiger partial charge >= 0.3 is 0 Å². The van der Waals surface area contributed by atoms with Gasteiger partial charge in [0.25, 0.3) is 0 Å². The Morgan fingerprint density at radius 2 is 1.86 bits per heavy atom. The molecule has 0 saturated heterocycles. The van der Waals surface area contributed by atoms with Gasteiger partial charge in [-0.15, -0.1) is 0 Å². The number of carbonyl (C=O) groups excluding carboxylic acids is 1. The first kappa shape index (κ1) is 13.5. The Kier molecular flexibility index (Phi) is 2.89. The molecule has 110 valence electrons. The molecule has 0 fully saturated rings. The Morgan fingerprint density at radius 1 is 1.18 bits per heavy atom. The zero-order chi connectivity index (χ0) is 15.3. The van der Waals surface area contributed by atoms with Crippen molar-refractivity contribution in [2.75, 3.05) is 4.90 Å². The summed E-state index contributed by atoms with van der Waals surface area (Å²) in [7, 11) is 0. The van der Waals surface area contributed by atoms with E-state index in [2.05, 4.69) is 4.99 Å². The third-order valence-electron chi connectivity index (χ3n) is 3.99. The number of hydrogen-bond donors (Lipinski definition) is 1. The molecule has 4 rings (SSSR count). The van der Waals surface area contributed by atoms with Crippen LogP contribution in [0.25, 0.3) is 0 Å². The number of aliphatic imine (C=N–C) groups is 1. The van der Waals surface area contributed by atoms with Gasteiger partial charge in [0.1, 0.15) is 10.4 Å². The first-order valence-corrected chi connectivity index (χ1v) is 7.93. The van der Waals surface area contributed by atoms with Gasteiger partial charge in [0.2, 0.25) is 11.6 Å². The number of benzene rings is 2. The number of amides is 1. The Labute approximate surface area is 132 Å². The number of carbonyl (C=O) groups is 1. The predicted octanol–water partition coefficient (Wildman–Crippen LogP) is 2.72. The molecule has 1 N–H and O–H groups in total. The van der Waals surface area contributed by atoms with Crippen molar-refractivity contribution < 1.29 is 9.90 Å². The first-order chi connectivity index (χ1) is 10.6. The first-order valence-electron chi connectivity index (χ1n) is 7.05. The zero-order valence-corrected chi connectivity index (χ0v) is 12.7. The summed E-state index contributed by atoms with van der Waals surface area (Å²) >= 11 is 1.43. The second-order valence-electron chi connectivity index (χ2n) is 5.39. The van der Waals surface area contributed by atoms with Crippen LogP contribution in [-0.2, 0) is 10.5 Å². The topological polar surface area (TPSA) is 52.9 Å². The van der Waals surface area contributed by atoms with Gasteiger partial charge in [-0.2, -0.15) is 0 Å². The second kappa shape index (κ2) is 4.69. The van der Waals surface area contributed by atoms with Crippen molar-refractivity contribution >= 4 is 28.4 Å². The molecule has 0 aliphatic carbocycles. The molecule has 5 heteroatoms. The minimum absolute atomic E-state index is 0.0922. The maximum Gasteiger partial charge on any atom is 0.225 e. The van der Waals surface area contributed by atoms with Gasteiger partial charge in [-0.1, -0.05) is 60.3 Å². The third kappa shape index (κ3) is 1.76. The molecule has 2 heterocycles. The fourth-order valence-electron chi connectivity index (χ4n) is 3.02. The maximum absolute atomic E-state index is 12.1. The highest BCUT2D eigenvalue weighted by Gasteiger charge is 2.56. The summed E-state index contributed by atoms with van der Waals surface area (Å²) in [5.41, 5.74) is 1.01. The van der Waals surface area contributed by atoms with E-state index in [-0.39, 0.29) is 5.91 Å². The largest absolute Gasteiger partial charge is 0.363 e. The summed E-state index contributed by atoms with van der Waals surface area (Å²) in [6.07, 6.45) is 0. The van der Waals surface area contributed by atoms with Gasteiger partial charge < -0.3 is 5.11 Å². The molecule has 0 aromatic heterocycles. The highest BCUT2D eigenvalue weighted by Crippen LogP contribution is 2.53. The van der Waals surface area contributed by atoms with Gasteiger partial charge in [-0.25, -0.2) is 4.99 Å². The van der Waals surface area contributed by atoms with E-state index in [9.17, 15) is 9.90 Å². The Hall–Kier alpha value is -2.11. The van der Waals surface area contributed by atoms with Crippen molar-refractivity contribution in [3.05, 3.63) is 65.7 Å². The zero-order valence-electron chi connectivity index (χ0n) is 11.9. The number of fused-ring (bicyclic) bond motifs is 3. The van der Waals surface area contributed by atoms with Crippen LogP contribution in [-0.4, -0.2) is 21.4 Å². The van der Waals surface area contributed by atoms with E-state index >= 15 is 0 Å². The van der Waals surface area contributed by atoms with Gasteiger partial charge in [0.05, 0.1) is 5.69 Å². The Balaban J connectivity index is 1.86. The van der Waals surface area contributed by atoms with Crippen molar-refractivity contribution in [2.24, 2.45) is 4.99 Å². The molecule has 0 bridgehead atoms. The highest BCUT2D eigenvalue weighted by atomic mass is 32.2. The summed E-state index contributed by atoms with van der Waals surface area (Å²) < 4.78 is 0. The van der Waals surface area contributed by atoms with Gasteiger partial charge in [0.15, 0.2) is 0 Å². The van der Waals surface area contributed by atoms with Crippen LogP contribution in [0.2, 0.25) is 0 Å². The third-order valence-corrected chi connectivity index (χ3v) is 5.31. The molecule has 0 unspecified atom stereocenters. The van der Waals surface area contributed by atoms with Crippen LogP contribution in [0.4, 0.5) is 5.69 Å². The van der Waals surface area contributed by atoms with E-state index < -0.39 is 11.1 Å². The standard InChI is InChI=1S/C17H14N2O2S/c1-11(20)19-14-10-6-5-9-13(14)17(21)16(19)22-15(18-17)12-7-3-2-4-8-12/h2-10,16,21H,1H3/t16-,17+/m1/s1. The van der Waals surface area contributed by atoms with E-state index in [1.165, 1.54) is 18.7 Å².